The molecule has 1 aliphatic carbocycles. The summed E-state index contributed by atoms with van der Waals surface area (Å²) in [6.07, 6.45) is 2.17. The molecule has 0 aliphatic heterocycles. The van der Waals surface area contributed by atoms with Gasteiger partial charge in [-0.15, -0.1) is 24.0 Å². The van der Waals surface area contributed by atoms with Crippen LogP contribution in [0.3, 0.4) is 0 Å². The van der Waals surface area contributed by atoms with Gasteiger partial charge in [-0.25, -0.2) is 0 Å². The van der Waals surface area contributed by atoms with Gasteiger partial charge in [0.15, 0.2) is 5.96 Å². The summed E-state index contributed by atoms with van der Waals surface area (Å²) in [7, 11) is 1.63. The second-order valence-electron chi connectivity index (χ2n) is 5.79. The number of nitrogens with two attached hydrogens (primary N) is 1. The Morgan fingerprint density at radius 2 is 1.88 bits per heavy atom. The SMILES string of the molecule is COc1ccccc1NC(N)=NCC1(c2ccccc2Cl)CC1.I. The molecule has 0 bridgehead atoms. The molecule has 0 amide bonds. The number of nitrogens with one attached hydrogen (secondary N) is 1. The molecule has 0 heterocycles. The zero-order chi connectivity index (χ0) is 16.3. The highest BCUT2D eigenvalue weighted by Crippen LogP contribution is 2.50. The van der Waals surface area contributed by atoms with Crippen LogP contribution in [0.1, 0.15) is 18.4 Å². The number of nitrogens with zero attached hydrogens (tertiary/aromatic N) is 1. The average molecular weight is 458 g/mol. The van der Waals surface area contributed by atoms with Gasteiger partial charge in [0.25, 0.3) is 0 Å². The van der Waals surface area contributed by atoms with Crippen LogP contribution in [-0.4, -0.2) is 19.6 Å². The van der Waals surface area contributed by atoms with Crippen LogP contribution >= 0.6 is 35.6 Å². The average Bonchev–Trinajstić information content (AvgIpc) is 3.35. The van der Waals surface area contributed by atoms with Gasteiger partial charge in [0.05, 0.1) is 19.3 Å². The van der Waals surface area contributed by atoms with Crippen molar-refractivity contribution >= 4 is 47.2 Å². The Morgan fingerprint density at radius 1 is 1.21 bits per heavy atom. The monoisotopic (exact) mass is 457 g/mol. The van der Waals surface area contributed by atoms with Crippen molar-refractivity contribution in [1.82, 2.24) is 0 Å². The number of anilines is 1. The van der Waals surface area contributed by atoms with Crippen LogP contribution in [0.5, 0.6) is 5.75 Å². The smallest absolute Gasteiger partial charge is 0.193 e. The number of para-hydroxylation sites is 2. The summed E-state index contributed by atoms with van der Waals surface area (Å²) in [5.41, 5.74) is 8.03. The van der Waals surface area contributed by atoms with E-state index in [1.165, 1.54) is 0 Å². The predicted molar refractivity (Wildman–Crippen MR) is 111 cm³/mol. The highest BCUT2D eigenvalue weighted by atomic mass is 127. The highest BCUT2D eigenvalue weighted by Gasteiger charge is 2.45. The molecule has 1 saturated carbocycles. The molecule has 24 heavy (non-hydrogen) atoms. The number of guanidine groups is 1. The summed E-state index contributed by atoms with van der Waals surface area (Å²) in [5.74, 6) is 1.12. The molecule has 6 heteroatoms. The van der Waals surface area contributed by atoms with Crippen molar-refractivity contribution in [3.05, 3.63) is 59.1 Å². The van der Waals surface area contributed by atoms with Gasteiger partial charge in [-0.2, -0.15) is 0 Å². The first-order chi connectivity index (χ1) is 11.1. The van der Waals surface area contributed by atoms with Gasteiger partial charge in [-0.1, -0.05) is 41.9 Å². The van der Waals surface area contributed by atoms with E-state index in [2.05, 4.69) is 16.4 Å². The van der Waals surface area contributed by atoms with E-state index < -0.39 is 0 Å². The van der Waals surface area contributed by atoms with Gasteiger partial charge >= 0.3 is 0 Å². The van der Waals surface area contributed by atoms with Crippen LogP contribution in [0.15, 0.2) is 53.5 Å². The molecule has 128 valence electrons. The zero-order valence-corrected chi connectivity index (χ0v) is 16.5. The predicted octanol–water partition coefficient (Wildman–Crippen LogP) is 4.43. The number of halogens is 2. The van der Waals surface area contributed by atoms with Gasteiger partial charge < -0.3 is 15.8 Å². The van der Waals surface area contributed by atoms with Gasteiger partial charge in [0.2, 0.25) is 0 Å². The summed E-state index contributed by atoms with van der Waals surface area (Å²) < 4.78 is 5.30. The maximum atomic E-state index is 6.32. The molecule has 1 aliphatic rings. The quantitative estimate of drug-likeness (QED) is 0.397. The molecular weight excluding hydrogens is 437 g/mol. The van der Waals surface area contributed by atoms with E-state index in [0.717, 1.165) is 34.9 Å². The molecule has 4 nitrogen and oxygen atoms in total. The Labute approximate surface area is 164 Å². The molecule has 0 spiro atoms. The zero-order valence-electron chi connectivity index (χ0n) is 13.5. The first-order valence-corrected chi connectivity index (χ1v) is 7.97. The van der Waals surface area contributed by atoms with Gasteiger partial charge in [0, 0.05) is 10.4 Å². The van der Waals surface area contributed by atoms with Crippen LogP contribution < -0.4 is 15.8 Å². The molecule has 0 saturated heterocycles. The maximum absolute atomic E-state index is 6.32. The largest absolute Gasteiger partial charge is 0.495 e. The second kappa shape index (κ2) is 8.07. The van der Waals surface area contributed by atoms with Crippen molar-refractivity contribution < 1.29 is 4.74 Å². The van der Waals surface area contributed by atoms with Gasteiger partial charge in [-0.05, 0) is 36.6 Å². The molecule has 0 aromatic heterocycles. The number of hydrogen-bond donors (Lipinski definition) is 2. The second-order valence-corrected chi connectivity index (χ2v) is 6.19. The first-order valence-electron chi connectivity index (χ1n) is 7.60. The maximum Gasteiger partial charge on any atom is 0.193 e. The number of ether oxygens (including phenoxy) is 1. The molecule has 2 aromatic carbocycles. The van der Waals surface area contributed by atoms with E-state index in [4.69, 9.17) is 22.1 Å². The normalized spacial score (nSPS) is 15.3. The third-order valence-electron chi connectivity index (χ3n) is 4.22. The summed E-state index contributed by atoms with van der Waals surface area (Å²) in [5, 5.41) is 3.90. The van der Waals surface area contributed by atoms with Gasteiger partial charge in [0.1, 0.15) is 5.75 Å². The summed E-state index contributed by atoms with van der Waals surface area (Å²) in [6.45, 7) is 0.630. The Hall–Kier alpha value is -1.47. The fourth-order valence-corrected chi connectivity index (χ4v) is 3.05. The molecule has 2 aromatic rings. The lowest BCUT2D eigenvalue weighted by atomic mass is 9.96. The van der Waals surface area contributed by atoms with Crippen molar-refractivity contribution in [3.8, 4) is 5.75 Å². The van der Waals surface area contributed by atoms with E-state index in [1.807, 2.05) is 42.5 Å². The molecular formula is C18H21ClIN3O. The minimum Gasteiger partial charge on any atom is -0.495 e. The van der Waals surface area contributed by atoms with Crippen LogP contribution in [0, 0.1) is 0 Å². The minimum atomic E-state index is 0. The number of aliphatic imine (C=N–C) groups is 1. The molecule has 0 atom stereocenters. The van der Waals surface area contributed by atoms with Crippen molar-refractivity contribution in [3.63, 3.8) is 0 Å². The van der Waals surface area contributed by atoms with Crippen LogP contribution in [0.2, 0.25) is 5.02 Å². The van der Waals surface area contributed by atoms with Crippen LogP contribution in [-0.2, 0) is 5.41 Å². The van der Waals surface area contributed by atoms with E-state index in [9.17, 15) is 0 Å². The molecule has 0 unspecified atom stereocenters. The lowest BCUT2D eigenvalue weighted by Crippen LogP contribution is -2.25. The standard InChI is InChI=1S/C18H20ClN3O.HI/c1-23-16-9-5-4-8-15(16)22-17(20)21-12-18(10-11-18)13-6-2-3-7-14(13)19;/h2-9H,10-12H2,1H3,(H3,20,21,22);1H. The topological polar surface area (TPSA) is 59.6 Å². The number of methoxy groups -OCH3 is 1. The molecule has 1 fully saturated rings. The number of rotatable bonds is 5. The summed E-state index contributed by atoms with van der Waals surface area (Å²) in [4.78, 5) is 4.52. The Morgan fingerprint density at radius 3 is 2.54 bits per heavy atom. The first kappa shape index (κ1) is 18.9. The van der Waals surface area contributed by atoms with Crippen molar-refractivity contribution in [2.75, 3.05) is 19.0 Å². The molecule has 0 radical (unpaired) electrons. The van der Waals surface area contributed by atoms with Crippen LogP contribution in [0.4, 0.5) is 5.69 Å². The van der Waals surface area contributed by atoms with E-state index >= 15 is 0 Å². The van der Waals surface area contributed by atoms with Crippen molar-refractivity contribution in [2.24, 2.45) is 10.7 Å². The Bertz CT molecular complexity index is 732. The molecule has 3 N–H and O–H groups in total. The third-order valence-corrected chi connectivity index (χ3v) is 4.55. The fourth-order valence-electron chi connectivity index (χ4n) is 2.72. The third kappa shape index (κ3) is 4.13. The van der Waals surface area contributed by atoms with E-state index in [0.29, 0.717) is 12.5 Å². The number of benzene rings is 2. The number of hydrogen-bond acceptors (Lipinski definition) is 2. The molecule has 3 rings (SSSR count). The van der Waals surface area contributed by atoms with Crippen molar-refractivity contribution in [2.45, 2.75) is 18.3 Å². The Balaban J connectivity index is 0.00000208. The van der Waals surface area contributed by atoms with E-state index in [1.54, 1.807) is 7.11 Å². The minimum absolute atomic E-state index is 0. The highest BCUT2D eigenvalue weighted by molar-refractivity contribution is 14.0. The summed E-state index contributed by atoms with van der Waals surface area (Å²) in [6, 6.07) is 15.6. The lowest BCUT2D eigenvalue weighted by Gasteiger charge is -2.16. The summed E-state index contributed by atoms with van der Waals surface area (Å²) >= 11 is 6.32. The van der Waals surface area contributed by atoms with E-state index in [-0.39, 0.29) is 29.4 Å². The fraction of sp³-hybridized carbons (Fsp3) is 0.278. The van der Waals surface area contributed by atoms with Gasteiger partial charge in [-0.3, -0.25) is 4.99 Å². The van der Waals surface area contributed by atoms with Crippen LogP contribution in [0.25, 0.3) is 0 Å². The van der Waals surface area contributed by atoms with Crippen molar-refractivity contribution in [1.29, 1.82) is 0 Å². The Kier molecular flexibility index (Phi) is 6.34. The lowest BCUT2D eigenvalue weighted by molar-refractivity contribution is 0.417.